The maximum absolute atomic E-state index is 13.0. The summed E-state index contributed by atoms with van der Waals surface area (Å²) in [4.78, 5) is 25.2. The normalized spacial score (nSPS) is 18.7. The van der Waals surface area contributed by atoms with Crippen LogP contribution in [0.4, 0.5) is 4.79 Å². The smallest absolute Gasteiger partial charge is 0.407 e. The van der Waals surface area contributed by atoms with Crippen molar-refractivity contribution in [3.63, 3.8) is 0 Å². The lowest BCUT2D eigenvalue weighted by molar-refractivity contribution is -0.127. The van der Waals surface area contributed by atoms with Gasteiger partial charge in [0.25, 0.3) is 0 Å². The van der Waals surface area contributed by atoms with Crippen molar-refractivity contribution in [1.29, 1.82) is 5.26 Å². The number of carbonyl (C=O) groups is 2. The number of nitrogens with one attached hydrogen (secondary N) is 2. The van der Waals surface area contributed by atoms with Crippen molar-refractivity contribution in [1.82, 2.24) is 10.6 Å². The van der Waals surface area contributed by atoms with E-state index in [1.54, 1.807) is 45.0 Å². The summed E-state index contributed by atoms with van der Waals surface area (Å²) < 4.78 is 31.2. The van der Waals surface area contributed by atoms with Crippen LogP contribution in [0.3, 0.4) is 0 Å². The fourth-order valence-corrected chi connectivity index (χ4v) is 6.24. The van der Waals surface area contributed by atoms with Crippen LogP contribution < -0.4 is 10.6 Å². The predicted octanol–water partition coefficient (Wildman–Crippen LogP) is 3.52. The first kappa shape index (κ1) is 27.0. The number of alkyl carbamates (subject to hydrolysis) is 1. The van der Waals surface area contributed by atoms with Crippen LogP contribution in [0.5, 0.6) is 0 Å². The van der Waals surface area contributed by atoms with Gasteiger partial charge in [0, 0.05) is 23.1 Å². The monoisotopic (exact) mass is 495 g/mol. The lowest BCUT2D eigenvalue weighted by Gasteiger charge is -2.30. The van der Waals surface area contributed by atoms with E-state index in [1.807, 2.05) is 6.07 Å². The first-order valence-electron chi connectivity index (χ1n) is 11.1. The minimum absolute atomic E-state index is 0.0682. The molecule has 0 bridgehead atoms. The lowest BCUT2D eigenvalue weighted by Crippen LogP contribution is -2.39. The lowest BCUT2D eigenvalue weighted by atomic mass is 9.80. The Kier molecular flexibility index (Phi) is 10.0. The van der Waals surface area contributed by atoms with Crippen molar-refractivity contribution in [2.24, 2.45) is 11.8 Å². The molecule has 1 fully saturated rings. The van der Waals surface area contributed by atoms with E-state index in [9.17, 15) is 18.0 Å². The highest BCUT2D eigenvalue weighted by atomic mass is 32.2. The number of rotatable bonds is 9. The van der Waals surface area contributed by atoms with Gasteiger partial charge in [-0.15, -0.1) is 11.8 Å². The first-order valence-corrected chi connectivity index (χ1v) is 13.7. The number of hydrogen-bond donors (Lipinski definition) is 2. The van der Waals surface area contributed by atoms with Gasteiger partial charge >= 0.3 is 6.09 Å². The van der Waals surface area contributed by atoms with E-state index < -0.39 is 21.5 Å². The van der Waals surface area contributed by atoms with Gasteiger partial charge in [0.1, 0.15) is 12.1 Å². The van der Waals surface area contributed by atoms with E-state index in [0.717, 1.165) is 17.7 Å². The number of thioether (sulfide) groups is 1. The summed E-state index contributed by atoms with van der Waals surface area (Å²) in [5.74, 6) is -0.329. The summed E-state index contributed by atoms with van der Waals surface area (Å²) >= 11 is 1.50. The van der Waals surface area contributed by atoms with Gasteiger partial charge in [-0.3, -0.25) is 4.79 Å². The Morgan fingerprint density at radius 1 is 1.15 bits per heavy atom. The molecule has 0 aromatic heterocycles. The maximum Gasteiger partial charge on any atom is 0.407 e. The third-order valence-corrected chi connectivity index (χ3v) is 8.11. The van der Waals surface area contributed by atoms with Gasteiger partial charge in [-0.2, -0.15) is 5.26 Å². The second-order valence-corrected chi connectivity index (χ2v) is 12.3. The van der Waals surface area contributed by atoms with Gasteiger partial charge in [0.05, 0.1) is 16.7 Å². The highest BCUT2D eigenvalue weighted by molar-refractivity contribution is 7.99. The van der Waals surface area contributed by atoms with Gasteiger partial charge in [-0.1, -0.05) is 12.8 Å². The molecule has 2 atom stereocenters. The van der Waals surface area contributed by atoms with Crippen LogP contribution in [-0.2, 0) is 19.4 Å². The zero-order valence-corrected chi connectivity index (χ0v) is 21.1. The van der Waals surface area contributed by atoms with E-state index in [0.29, 0.717) is 25.1 Å². The Morgan fingerprint density at radius 2 is 1.82 bits per heavy atom. The number of amides is 2. The molecule has 1 saturated carbocycles. The number of nitrogens with zero attached hydrogens (tertiary/aromatic N) is 1. The van der Waals surface area contributed by atoms with Crippen molar-refractivity contribution >= 4 is 33.6 Å². The van der Waals surface area contributed by atoms with Crippen molar-refractivity contribution in [3.05, 3.63) is 24.3 Å². The van der Waals surface area contributed by atoms with Crippen LogP contribution in [0.25, 0.3) is 0 Å². The fourth-order valence-electron chi connectivity index (χ4n) is 3.77. The third kappa shape index (κ3) is 9.26. The molecule has 0 aliphatic heterocycles. The maximum atomic E-state index is 13.0. The minimum Gasteiger partial charge on any atom is -0.444 e. The molecular formula is C23H33N3O5S2. The van der Waals surface area contributed by atoms with Crippen LogP contribution in [0, 0.1) is 23.2 Å². The minimum atomic E-state index is -3.55. The second-order valence-electron chi connectivity index (χ2n) is 9.06. The van der Waals surface area contributed by atoms with Crippen molar-refractivity contribution in [2.45, 2.75) is 61.8 Å². The Balaban J connectivity index is 1.90. The zero-order chi connectivity index (χ0) is 24.5. The number of sulfone groups is 1. The molecular weight excluding hydrogens is 462 g/mol. The van der Waals surface area contributed by atoms with Crippen LogP contribution in [-0.4, -0.2) is 50.6 Å². The van der Waals surface area contributed by atoms with Gasteiger partial charge < -0.3 is 15.4 Å². The van der Waals surface area contributed by atoms with Crippen LogP contribution in [0.1, 0.15) is 46.5 Å². The van der Waals surface area contributed by atoms with Crippen LogP contribution in [0.2, 0.25) is 0 Å². The van der Waals surface area contributed by atoms with E-state index in [4.69, 9.17) is 10.00 Å². The Labute approximate surface area is 200 Å². The molecule has 0 radical (unpaired) electrons. The summed E-state index contributed by atoms with van der Waals surface area (Å²) in [6.45, 7) is 5.76. The van der Waals surface area contributed by atoms with Gasteiger partial charge in [0.2, 0.25) is 5.91 Å². The number of carbonyl (C=O) groups excluding carboxylic acids is 2. The van der Waals surface area contributed by atoms with Crippen molar-refractivity contribution < 1.29 is 22.7 Å². The molecule has 0 heterocycles. The SMILES string of the molecule is CC(C)(C)OC(=O)NCCSc1ccc(S(=O)(=O)C[C@@H]2CCCC[C@H]2C(=O)NCC#N)cc1. The zero-order valence-electron chi connectivity index (χ0n) is 19.4. The number of nitriles is 1. The summed E-state index contributed by atoms with van der Waals surface area (Å²) in [5, 5.41) is 13.9. The average molecular weight is 496 g/mol. The molecule has 33 heavy (non-hydrogen) atoms. The van der Waals surface area contributed by atoms with Gasteiger partial charge in [0.15, 0.2) is 9.84 Å². The largest absolute Gasteiger partial charge is 0.444 e. The molecule has 1 aliphatic carbocycles. The summed E-state index contributed by atoms with van der Waals surface area (Å²) in [6.07, 6.45) is 2.64. The molecule has 0 spiro atoms. The predicted molar refractivity (Wildman–Crippen MR) is 128 cm³/mol. The van der Waals surface area contributed by atoms with E-state index in [-0.39, 0.29) is 34.9 Å². The fraction of sp³-hybridized carbons (Fsp3) is 0.609. The Morgan fingerprint density at radius 3 is 2.45 bits per heavy atom. The van der Waals surface area contributed by atoms with Crippen molar-refractivity contribution in [2.75, 3.05) is 24.6 Å². The topological polar surface area (TPSA) is 125 Å². The summed E-state index contributed by atoms with van der Waals surface area (Å²) in [7, 11) is -3.55. The molecule has 8 nitrogen and oxygen atoms in total. The Bertz CT molecular complexity index is 950. The molecule has 2 N–H and O–H groups in total. The number of hydrogen-bond acceptors (Lipinski definition) is 7. The molecule has 2 rings (SSSR count). The standard InChI is InChI=1S/C23H33N3O5S2/c1-23(2,3)31-22(28)26-14-15-32-18-8-10-19(11-9-18)33(29,30)16-17-6-4-5-7-20(17)21(27)25-13-12-24/h8-11,17,20H,4-7,13-16H2,1-3H3,(H,25,27)(H,26,28)/t17-,20+/m0/s1. The van der Waals surface area contributed by atoms with Gasteiger partial charge in [-0.25, -0.2) is 13.2 Å². The molecule has 1 aliphatic rings. The van der Waals surface area contributed by atoms with E-state index in [2.05, 4.69) is 10.6 Å². The highest BCUT2D eigenvalue weighted by Gasteiger charge is 2.34. The van der Waals surface area contributed by atoms with Crippen molar-refractivity contribution in [3.8, 4) is 6.07 Å². The van der Waals surface area contributed by atoms with Gasteiger partial charge in [-0.05, 0) is 63.8 Å². The molecule has 1 aromatic rings. The molecule has 182 valence electrons. The molecule has 2 amide bonds. The van der Waals surface area contributed by atoms with E-state index >= 15 is 0 Å². The van der Waals surface area contributed by atoms with Crippen LogP contribution >= 0.6 is 11.8 Å². The Hall–Kier alpha value is -2.25. The first-order chi connectivity index (χ1) is 15.5. The molecule has 1 aromatic carbocycles. The average Bonchev–Trinajstić information content (AvgIpc) is 2.74. The summed E-state index contributed by atoms with van der Waals surface area (Å²) in [6, 6.07) is 8.57. The molecule has 0 saturated heterocycles. The van der Waals surface area contributed by atoms with E-state index in [1.165, 1.54) is 11.8 Å². The second kappa shape index (κ2) is 12.3. The highest BCUT2D eigenvalue weighted by Crippen LogP contribution is 2.33. The third-order valence-electron chi connectivity index (χ3n) is 5.24. The van der Waals surface area contributed by atoms with Crippen LogP contribution in [0.15, 0.2) is 34.1 Å². The quantitative estimate of drug-likeness (QED) is 0.305. The molecule has 10 heteroatoms. The molecule has 0 unspecified atom stereocenters. The number of ether oxygens (including phenoxy) is 1. The summed E-state index contributed by atoms with van der Waals surface area (Å²) in [5.41, 5.74) is -0.545. The number of benzene rings is 1.